The summed E-state index contributed by atoms with van der Waals surface area (Å²) in [4.78, 5) is 4.41. The van der Waals surface area contributed by atoms with Gasteiger partial charge in [0.2, 0.25) is 0 Å². The van der Waals surface area contributed by atoms with Gasteiger partial charge in [-0.25, -0.2) is 0 Å². The van der Waals surface area contributed by atoms with Crippen molar-refractivity contribution in [2.75, 3.05) is 14.2 Å². The van der Waals surface area contributed by atoms with Crippen molar-refractivity contribution in [1.29, 1.82) is 0 Å². The van der Waals surface area contributed by atoms with Crippen molar-refractivity contribution in [2.24, 2.45) is 0 Å². The third-order valence-electron chi connectivity index (χ3n) is 4.65. The van der Waals surface area contributed by atoms with Gasteiger partial charge in [0.1, 0.15) is 12.4 Å². The average molecular weight is 316 g/mol. The van der Waals surface area contributed by atoms with E-state index in [-0.39, 0.29) is 10.8 Å². The molecule has 0 saturated carbocycles. The number of fused-ring (bicyclic) bond motifs is 1. The predicted octanol–water partition coefficient (Wildman–Crippen LogP) is 3.85. The highest BCUT2D eigenvalue weighted by Gasteiger charge is 2.42. The minimum atomic E-state index is 0.106. The van der Waals surface area contributed by atoms with Crippen LogP contribution in [0.4, 0.5) is 0 Å². The fourth-order valence-corrected chi connectivity index (χ4v) is 3.88. The summed E-state index contributed by atoms with van der Waals surface area (Å²) in [6.07, 6.45) is 1.10. The molecule has 0 N–H and O–H groups in total. The van der Waals surface area contributed by atoms with Crippen molar-refractivity contribution in [1.82, 2.24) is 10.1 Å². The Kier molecular flexibility index (Phi) is 3.71. The van der Waals surface area contributed by atoms with Gasteiger partial charge in [-0.15, -0.1) is 0 Å². The summed E-state index contributed by atoms with van der Waals surface area (Å²) in [5.74, 6) is 1.77. The van der Waals surface area contributed by atoms with Crippen LogP contribution < -0.4 is 4.74 Å². The van der Waals surface area contributed by atoms with Crippen LogP contribution in [0.1, 0.15) is 51.1 Å². The van der Waals surface area contributed by atoms with E-state index >= 15 is 0 Å². The second-order valence-corrected chi connectivity index (χ2v) is 7.49. The molecule has 5 heteroatoms. The molecule has 23 heavy (non-hydrogen) atoms. The van der Waals surface area contributed by atoms with E-state index < -0.39 is 0 Å². The molecule has 1 heterocycles. The molecule has 1 aliphatic rings. The fourth-order valence-electron chi connectivity index (χ4n) is 3.88. The summed E-state index contributed by atoms with van der Waals surface area (Å²) >= 11 is 0. The van der Waals surface area contributed by atoms with E-state index in [0.717, 1.165) is 17.7 Å². The topological polar surface area (TPSA) is 57.4 Å². The lowest BCUT2D eigenvalue weighted by Crippen LogP contribution is -2.17. The molecular weight excluding hydrogens is 292 g/mol. The van der Waals surface area contributed by atoms with Gasteiger partial charge in [0.05, 0.1) is 12.7 Å². The van der Waals surface area contributed by atoms with Gasteiger partial charge < -0.3 is 14.0 Å². The van der Waals surface area contributed by atoms with E-state index in [1.54, 1.807) is 14.2 Å². The highest BCUT2D eigenvalue weighted by Crippen LogP contribution is 2.52. The largest absolute Gasteiger partial charge is 0.496 e. The van der Waals surface area contributed by atoms with Crippen molar-refractivity contribution in [3.63, 3.8) is 0 Å². The first kappa shape index (κ1) is 16.0. The molecular formula is C18H24N2O3. The summed E-state index contributed by atoms with van der Waals surface area (Å²) in [6, 6.07) is 4.27. The highest BCUT2D eigenvalue weighted by molar-refractivity contribution is 5.68. The number of rotatable bonds is 4. The molecule has 5 nitrogen and oxygen atoms in total. The van der Waals surface area contributed by atoms with Crippen molar-refractivity contribution in [3.8, 4) is 17.2 Å². The Balaban J connectivity index is 2.15. The molecule has 0 radical (unpaired) electrons. The van der Waals surface area contributed by atoms with E-state index in [4.69, 9.17) is 14.0 Å². The van der Waals surface area contributed by atoms with Gasteiger partial charge in [0.25, 0.3) is 5.89 Å². The quantitative estimate of drug-likeness (QED) is 0.857. The smallest absolute Gasteiger partial charge is 0.261 e. The van der Waals surface area contributed by atoms with Crippen LogP contribution in [0, 0.1) is 0 Å². The molecule has 0 unspecified atom stereocenters. The van der Waals surface area contributed by atoms with Crippen LogP contribution in [0.2, 0.25) is 0 Å². The maximum atomic E-state index is 5.60. The molecule has 0 amide bonds. The monoisotopic (exact) mass is 316 g/mol. The molecule has 0 saturated heterocycles. The van der Waals surface area contributed by atoms with Crippen LogP contribution in [0.15, 0.2) is 16.7 Å². The van der Waals surface area contributed by atoms with Crippen molar-refractivity contribution < 1.29 is 14.0 Å². The maximum Gasteiger partial charge on any atom is 0.261 e. The van der Waals surface area contributed by atoms with Gasteiger partial charge in [-0.1, -0.05) is 32.9 Å². The van der Waals surface area contributed by atoms with Crippen LogP contribution in [0.3, 0.4) is 0 Å². The Bertz CT molecular complexity index is 732. The van der Waals surface area contributed by atoms with Crippen molar-refractivity contribution in [2.45, 2.75) is 51.6 Å². The molecule has 1 aliphatic carbocycles. The molecule has 0 fully saturated rings. The lowest BCUT2D eigenvalue weighted by atomic mass is 9.82. The zero-order valence-corrected chi connectivity index (χ0v) is 14.7. The molecule has 2 aromatic rings. The predicted molar refractivity (Wildman–Crippen MR) is 87.7 cm³/mol. The van der Waals surface area contributed by atoms with E-state index in [9.17, 15) is 0 Å². The van der Waals surface area contributed by atoms with E-state index in [0.29, 0.717) is 18.3 Å². The lowest BCUT2D eigenvalue weighted by Gasteiger charge is -2.22. The molecule has 3 rings (SSSR count). The molecule has 124 valence electrons. The second-order valence-electron chi connectivity index (χ2n) is 7.49. The van der Waals surface area contributed by atoms with Crippen LogP contribution in [0.5, 0.6) is 5.75 Å². The summed E-state index contributed by atoms with van der Waals surface area (Å²) in [5, 5.41) is 3.95. The molecule has 0 aliphatic heterocycles. The Morgan fingerprint density at radius 2 is 1.74 bits per heavy atom. The third-order valence-corrected chi connectivity index (χ3v) is 4.65. The van der Waals surface area contributed by atoms with Crippen LogP contribution >= 0.6 is 0 Å². The molecule has 1 aromatic heterocycles. The summed E-state index contributed by atoms with van der Waals surface area (Å²) in [5.41, 5.74) is 3.73. The molecule has 0 spiro atoms. The van der Waals surface area contributed by atoms with Crippen molar-refractivity contribution >= 4 is 0 Å². The van der Waals surface area contributed by atoms with E-state index in [1.807, 2.05) is 0 Å². The number of methoxy groups -OCH3 is 2. The Morgan fingerprint density at radius 3 is 2.35 bits per heavy atom. The number of benzene rings is 1. The van der Waals surface area contributed by atoms with Gasteiger partial charge in [-0.05, 0) is 40.5 Å². The number of ether oxygens (including phenoxy) is 2. The highest BCUT2D eigenvalue weighted by atomic mass is 16.5. The maximum absolute atomic E-state index is 5.60. The van der Waals surface area contributed by atoms with E-state index in [1.165, 1.54) is 11.1 Å². The summed E-state index contributed by atoms with van der Waals surface area (Å²) in [6.45, 7) is 9.45. The number of aromatic nitrogens is 2. The Morgan fingerprint density at radius 1 is 1.09 bits per heavy atom. The summed E-state index contributed by atoms with van der Waals surface area (Å²) in [7, 11) is 3.28. The number of nitrogens with zero attached hydrogens (tertiary/aromatic N) is 2. The van der Waals surface area contributed by atoms with Crippen LogP contribution in [0.25, 0.3) is 11.5 Å². The second kappa shape index (κ2) is 5.34. The number of hydrogen-bond acceptors (Lipinski definition) is 5. The minimum Gasteiger partial charge on any atom is -0.496 e. The first-order valence-corrected chi connectivity index (χ1v) is 7.83. The van der Waals surface area contributed by atoms with Crippen LogP contribution in [-0.2, 0) is 22.2 Å². The fraction of sp³-hybridized carbons (Fsp3) is 0.556. The molecule has 1 aromatic carbocycles. The minimum absolute atomic E-state index is 0.106. The Labute approximate surface area is 137 Å². The zero-order valence-electron chi connectivity index (χ0n) is 14.7. The first-order chi connectivity index (χ1) is 10.8. The van der Waals surface area contributed by atoms with Gasteiger partial charge in [-0.3, -0.25) is 0 Å². The zero-order chi connectivity index (χ0) is 16.8. The molecule has 0 bridgehead atoms. The standard InChI is InChI=1S/C18H24N2O3/c1-17(2)10-18(3,4)13-8-14(22-6)11(7-12(13)17)16-19-15(9-21-5)20-23-16/h7-8H,9-10H2,1-6H3. The average Bonchev–Trinajstić information content (AvgIpc) is 2.99. The third kappa shape index (κ3) is 2.63. The SMILES string of the molecule is COCc1noc(-c2cc3c(cc2OC)C(C)(C)CC3(C)C)n1. The normalized spacial score (nSPS) is 18.0. The van der Waals surface area contributed by atoms with Gasteiger partial charge in [0, 0.05) is 7.11 Å². The number of hydrogen-bond donors (Lipinski definition) is 0. The van der Waals surface area contributed by atoms with Crippen LogP contribution in [-0.4, -0.2) is 24.4 Å². The lowest BCUT2D eigenvalue weighted by molar-refractivity contribution is 0.174. The molecule has 0 atom stereocenters. The van der Waals surface area contributed by atoms with Gasteiger partial charge in [-0.2, -0.15) is 4.98 Å². The van der Waals surface area contributed by atoms with Crippen molar-refractivity contribution in [3.05, 3.63) is 29.1 Å². The van der Waals surface area contributed by atoms with Gasteiger partial charge in [0.15, 0.2) is 5.82 Å². The first-order valence-electron chi connectivity index (χ1n) is 7.83. The van der Waals surface area contributed by atoms with Gasteiger partial charge >= 0.3 is 0 Å². The Hall–Kier alpha value is -1.88. The van der Waals surface area contributed by atoms with E-state index in [2.05, 4.69) is 50.0 Å². The summed E-state index contributed by atoms with van der Waals surface area (Å²) < 4.78 is 16.1.